The maximum atomic E-state index is 12.2. The highest BCUT2D eigenvalue weighted by Gasteiger charge is 2.27. The number of anilines is 1. The van der Waals surface area contributed by atoms with E-state index in [4.69, 9.17) is 4.74 Å². The average Bonchev–Trinajstić information content (AvgIpc) is 3.57. The van der Waals surface area contributed by atoms with Crippen molar-refractivity contribution in [3.8, 4) is 22.3 Å². The molecular formula is C43H48N6O4. The highest BCUT2D eigenvalue weighted by atomic mass is 16.6. The Bertz CT molecular complexity index is 2110. The molecule has 3 aromatic carbocycles. The number of ether oxygens (including phenoxy) is 1. The second-order valence-corrected chi connectivity index (χ2v) is 15.3. The zero-order valence-corrected chi connectivity index (χ0v) is 30.9. The van der Waals surface area contributed by atoms with E-state index in [0.717, 1.165) is 77.1 Å². The minimum Gasteiger partial charge on any atom is -0.444 e. The predicted octanol–water partition coefficient (Wildman–Crippen LogP) is 7.60. The van der Waals surface area contributed by atoms with E-state index < -0.39 is 11.7 Å². The largest absolute Gasteiger partial charge is 0.444 e. The first-order chi connectivity index (χ1) is 25.5. The van der Waals surface area contributed by atoms with Crippen LogP contribution in [-0.4, -0.2) is 57.2 Å². The molecular weight excluding hydrogens is 665 g/mol. The van der Waals surface area contributed by atoms with Gasteiger partial charge in [-0.2, -0.15) is 5.10 Å². The van der Waals surface area contributed by atoms with Gasteiger partial charge in [-0.05, 0) is 124 Å². The lowest BCUT2D eigenvalue weighted by molar-refractivity contribution is -0.133. The molecule has 4 heterocycles. The number of imide groups is 1. The number of fused-ring (bicyclic) bond motifs is 1. The van der Waals surface area contributed by atoms with Crippen LogP contribution in [0.15, 0.2) is 91.3 Å². The van der Waals surface area contributed by atoms with E-state index >= 15 is 0 Å². The number of aromatic nitrogens is 2. The van der Waals surface area contributed by atoms with E-state index in [-0.39, 0.29) is 17.9 Å². The molecule has 0 aliphatic carbocycles. The maximum Gasteiger partial charge on any atom is 0.407 e. The van der Waals surface area contributed by atoms with Gasteiger partial charge in [-0.1, -0.05) is 54.6 Å². The number of nitrogens with one attached hydrogen (secondary N) is 3. The molecule has 2 aromatic heterocycles. The highest BCUT2D eigenvalue weighted by Crippen LogP contribution is 2.32. The van der Waals surface area contributed by atoms with Gasteiger partial charge in [0.25, 0.3) is 0 Å². The van der Waals surface area contributed by atoms with E-state index in [0.29, 0.717) is 25.3 Å². The molecule has 2 aliphatic heterocycles. The van der Waals surface area contributed by atoms with Crippen LogP contribution in [0.3, 0.4) is 0 Å². The second kappa shape index (κ2) is 15.2. The number of rotatable bonds is 9. The topological polar surface area (TPSA) is 117 Å². The Morgan fingerprint density at radius 3 is 2.34 bits per heavy atom. The molecule has 1 unspecified atom stereocenters. The van der Waals surface area contributed by atoms with Gasteiger partial charge in [-0.15, -0.1) is 0 Å². The monoisotopic (exact) mass is 712 g/mol. The SMILES string of the molecule is Cc1cc(-c2ccnn3cc(-c4ccc(CN5CCC(c6ccc(NC7CCC(=O)NC7=O)cc6)CC5)cc4)cc23)ccc1CNC(=O)OC(C)(C)C. The van der Waals surface area contributed by atoms with Crippen LogP contribution in [0.5, 0.6) is 0 Å². The van der Waals surface area contributed by atoms with Gasteiger partial charge < -0.3 is 15.4 Å². The van der Waals surface area contributed by atoms with Gasteiger partial charge in [0, 0.05) is 48.7 Å². The molecule has 274 valence electrons. The lowest BCUT2D eigenvalue weighted by Gasteiger charge is -2.32. The number of likely N-dealkylation sites (tertiary alicyclic amines) is 1. The lowest BCUT2D eigenvalue weighted by atomic mass is 9.89. The number of hydrogen-bond acceptors (Lipinski definition) is 7. The molecule has 3 N–H and O–H groups in total. The Kier molecular flexibility index (Phi) is 10.3. The molecule has 0 saturated carbocycles. The van der Waals surface area contributed by atoms with E-state index in [2.05, 4.69) is 106 Å². The normalized spacial score (nSPS) is 17.1. The summed E-state index contributed by atoms with van der Waals surface area (Å²) in [7, 11) is 0. The third kappa shape index (κ3) is 8.77. The van der Waals surface area contributed by atoms with E-state index in [1.807, 2.05) is 43.6 Å². The highest BCUT2D eigenvalue weighted by molar-refractivity contribution is 6.01. The number of hydrogen-bond donors (Lipinski definition) is 3. The van der Waals surface area contributed by atoms with Crippen molar-refractivity contribution in [2.75, 3.05) is 18.4 Å². The second-order valence-electron chi connectivity index (χ2n) is 15.3. The first kappa shape index (κ1) is 35.9. The average molecular weight is 713 g/mol. The number of alkyl carbamates (subject to hydrolysis) is 1. The minimum absolute atomic E-state index is 0.200. The Balaban J connectivity index is 0.937. The zero-order chi connectivity index (χ0) is 37.1. The minimum atomic E-state index is -0.536. The van der Waals surface area contributed by atoms with Crippen LogP contribution in [0.1, 0.15) is 74.6 Å². The van der Waals surface area contributed by atoms with Crippen LogP contribution in [0.25, 0.3) is 27.8 Å². The molecule has 2 aliphatic rings. The van der Waals surface area contributed by atoms with Gasteiger partial charge in [-0.3, -0.25) is 19.8 Å². The van der Waals surface area contributed by atoms with Crippen molar-refractivity contribution < 1.29 is 19.1 Å². The van der Waals surface area contributed by atoms with Gasteiger partial charge in [-0.25, -0.2) is 9.31 Å². The van der Waals surface area contributed by atoms with Crippen molar-refractivity contribution in [1.82, 2.24) is 25.1 Å². The first-order valence-corrected chi connectivity index (χ1v) is 18.5. The molecule has 0 spiro atoms. The molecule has 7 rings (SSSR count). The maximum absolute atomic E-state index is 12.2. The summed E-state index contributed by atoms with van der Waals surface area (Å²) in [5.74, 6) is 0.0668. The molecule has 10 heteroatoms. The number of carbonyl (C=O) groups excluding carboxylic acids is 3. The molecule has 2 fully saturated rings. The van der Waals surface area contributed by atoms with Crippen LogP contribution in [-0.2, 0) is 27.4 Å². The third-order valence-electron chi connectivity index (χ3n) is 10.2. The summed E-state index contributed by atoms with van der Waals surface area (Å²) in [5, 5.41) is 13.1. The summed E-state index contributed by atoms with van der Waals surface area (Å²) in [4.78, 5) is 38.3. The zero-order valence-electron chi connectivity index (χ0n) is 30.9. The number of carbonyl (C=O) groups is 3. The molecule has 3 amide bonds. The fourth-order valence-electron chi connectivity index (χ4n) is 7.33. The van der Waals surface area contributed by atoms with Crippen LogP contribution >= 0.6 is 0 Å². The Morgan fingerprint density at radius 1 is 0.906 bits per heavy atom. The van der Waals surface area contributed by atoms with Gasteiger partial charge in [0.2, 0.25) is 11.8 Å². The molecule has 53 heavy (non-hydrogen) atoms. The number of benzene rings is 3. The Hall–Kier alpha value is -5.48. The lowest BCUT2D eigenvalue weighted by Crippen LogP contribution is -2.47. The Labute approximate surface area is 310 Å². The van der Waals surface area contributed by atoms with Crippen molar-refractivity contribution >= 4 is 29.1 Å². The van der Waals surface area contributed by atoms with Crippen LogP contribution in [0, 0.1) is 6.92 Å². The third-order valence-corrected chi connectivity index (χ3v) is 10.2. The number of nitrogens with zero attached hydrogens (tertiary/aromatic N) is 3. The van der Waals surface area contributed by atoms with Crippen molar-refractivity contribution in [3.63, 3.8) is 0 Å². The summed E-state index contributed by atoms with van der Waals surface area (Å²) in [5.41, 5.74) is 10.6. The quantitative estimate of drug-likeness (QED) is 0.135. The fraction of sp³-hybridized carbons (Fsp3) is 0.349. The standard InChI is InChI=1S/C43H48N6O4/c1-28-23-33(9-10-34(28)25-44-42(52)53-43(2,3)4)37-17-20-45-49-27-35(24-39(37)49)31-7-5-29(6-8-31)26-48-21-18-32(19-22-48)30-11-13-36(14-12-30)46-38-15-16-40(50)47-41(38)51/h5-14,17,20,23-24,27,32,38,46H,15-16,18-19,21-22,25-26H2,1-4H3,(H,44,52)(H,47,50,51). The van der Waals surface area contributed by atoms with E-state index in [1.54, 1.807) is 0 Å². The van der Waals surface area contributed by atoms with Gasteiger partial charge in [0.15, 0.2) is 0 Å². The molecule has 2 saturated heterocycles. The molecule has 5 aromatic rings. The molecule has 10 nitrogen and oxygen atoms in total. The van der Waals surface area contributed by atoms with E-state index in [1.165, 1.54) is 11.1 Å². The number of aryl methyl sites for hydroxylation is 1. The summed E-state index contributed by atoms with van der Waals surface area (Å²) in [6, 6.07) is 27.5. The number of amides is 3. The van der Waals surface area contributed by atoms with Crippen LogP contribution < -0.4 is 16.0 Å². The van der Waals surface area contributed by atoms with Crippen molar-refractivity contribution in [2.24, 2.45) is 0 Å². The summed E-state index contributed by atoms with van der Waals surface area (Å²) < 4.78 is 7.33. The smallest absolute Gasteiger partial charge is 0.407 e. The van der Waals surface area contributed by atoms with Crippen LogP contribution in [0.2, 0.25) is 0 Å². The predicted molar refractivity (Wildman–Crippen MR) is 207 cm³/mol. The summed E-state index contributed by atoms with van der Waals surface area (Å²) in [6.45, 7) is 11.0. The number of piperidine rings is 2. The fourth-order valence-corrected chi connectivity index (χ4v) is 7.33. The first-order valence-electron chi connectivity index (χ1n) is 18.5. The van der Waals surface area contributed by atoms with Gasteiger partial charge >= 0.3 is 6.09 Å². The molecule has 0 bridgehead atoms. The van der Waals surface area contributed by atoms with Crippen LogP contribution in [0.4, 0.5) is 10.5 Å². The van der Waals surface area contributed by atoms with Gasteiger partial charge in [0.05, 0.1) is 5.52 Å². The molecule has 1 atom stereocenters. The van der Waals surface area contributed by atoms with E-state index in [9.17, 15) is 14.4 Å². The summed E-state index contributed by atoms with van der Waals surface area (Å²) >= 11 is 0. The summed E-state index contributed by atoms with van der Waals surface area (Å²) in [6.07, 6.45) is 6.60. The molecule has 0 radical (unpaired) electrons. The van der Waals surface area contributed by atoms with Gasteiger partial charge in [0.1, 0.15) is 11.6 Å². The van der Waals surface area contributed by atoms with Crippen molar-refractivity contribution in [3.05, 3.63) is 114 Å². The Morgan fingerprint density at radius 2 is 1.64 bits per heavy atom. The van der Waals surface area contributed by atoms with Crippen molar-refractivity contribution in [1.29, 1.82) is 0 Å². The van der Waals surface area contributed by atoms with Crippen molar-refractivity contribution in [2.45, 2.75) is 84.0 Å².